The van der Waals surface area contributed by atoms with Crippen LogP contribution >= 0.6 is 22.9 Å². The molecule has 1 saturated carbocycles. The van der Waals surface area contributed by atoms with Crippen molar-refractivity contribution in [3.05, 3.63) is 34.4 Å². The third kappa shape index (κ3) is 3.24. The van der Waals surface area contributed by atoms with Crippen LogP contribution in [0.2, 0.25) is 5.02 Å². The minimum absolute atomic E-state index is 0.0865. The maximum atomic E-state index is 12.8. The van der Waals surface area contributed by atoms with Crippen molar-refractivity contribution in [2.45, 2.75) is 29.5 Å². The lowest BCUT2D eigenvalue weighted by Crippen LogP contribution is -2.35. The van der Waals surface area contributed by atoms with Gasteiger partial charge in [0.1, 0.15) is 5.54 Å². The van der Waals surface area contributed by atoms with Crippen LogP contribution in [0.5, 0.6) is 0 Å². The molecular weight excluding hydrogens is 439 g/mol. The molecular formula is C15H9ClF3N5O2S2. The molecule has 2 aromatic heterocycles. The van der Waals surface area contributed by atoms with Gasteiger partial charge in [-0.3, -0.25) is 4.57 Å². The van der Waals surface area contributed by atoms with Crippen LogP contribution in [0.15, 0.2) is 29.3 Å². The highest BCUT2D eigenvalue weighted by Crippen LogP contribution is 2.38. The largest absolute Gasteiger partial charge is 0.445 e. The number of rotatable bonds is 4. The Labute approximate surface area is 165 Å². The molecule has 1 fully saturated rings. The fourth-order valence-corrected chi connectivity index (χ4v) is 5.07. The van der Waals surface area contributed by atoms with Crippen LogP contribution in [0.1, 0.15) is 17.8 Å². The molecule has 146 valence electrons. The second-order valence-corrected chi connectivity index (χ2v) is 9.26. The van der Waals surface area contributed by atoms with Crippen LogP contribution in [0.25, 0.3) is 16.0 Å². The lowest BCUT2D eigenvalue weighted by Gasteiger charge is -2.11. The molecule has 7 nitrogen and oxygen atoms in total. The molecule has 0 bridgehead atoms. The Morgan fingerprint density at radius 1 is 1.32 bits per heavy atom. The monoisotopic (exact) mass is 447 g/mol. The Morgan fingerprint density at radius 2 is 2.04 bits per heavy atom. The summed E-state index contributed by atoms with van der Waals surface area (Å²) in [5, 5.41) is 15.1. The average Bonchev–Trinajstić information content (AvgIpc) is 3.03. The molecule has 1 aliphatic rings. The molecule has 1 N–H and O–H groups in total. The fourth-order valence-electron chi connectivity index (χ4n) is 2.60. The number of nitrogens with one attached hydrogen (secondary N) is 1. The highest BCUT2D eigenvalue weighted by molar-refractivity contribution is 7.89. The maximum absolute atomic E-state index is 12.8. The molecule has 0 atom stereocenters. The summed E-state index contributed by atoms with van der Waals surface area (Å²) >= 11 is 6.50. The van der Waals surface area contributed by atoms with Crippen molar-refractivity contribution in [3.63, 3.8) is 0 Å². The third-order valence-electron chi connectivity index (χ3n) is 4.20. The zero-order valence-electron chi connectivity index (χ0n) is 13.7. The van der Waals surface area contributed by atoms with E-state index < -0.39 is 26.7 Å². The van der Waals surface area contributed by atoms with Gasteiger partial charge in [-0.15, -0.1) is 10.2 Å². The molecule has 28 heavy (non-hydrogen) atoms. The van der Waals surface area contributed by atoms with Gasteiger partial charge in [0.15, 0.2) is 0 Å². The summed E-state index contributed by atoms with van der Waals surface area (Å²) in [6.45, 7) is 0. The highest BCUT2D eigenvalue weighted by Gasteiger charge is 2.47. The molecule has 2 heterocycles. The Morgan fingerprint density at radius 3 is 2.61 bits per heavy atom. The Bertz CT molecular complexity index is 1240. The van der Waals surface area contributed by atoms with Crippen molar-refractivity contribution in [1.82, 2.24) is 19.5 Å². The van der Waals surface area contributed by atoms with Crippen molar-refractivity contribution in [3.8, 4) is 11.2 Å². The first-order chi connectivity index (χ1) is 13.0. The highest BCUT2D eigenvalue weighted by atomic mass is 35.5. The van der Waals surface area contributed by atoms with Crippen molar-refractivity contribution in [2.24, 2.45) is 0 Å². The molecule has 0 spiro atoms. The number of nitrogens with zero attached hydrogens (tertiary/aromatic N) is 4. The number of fused-ring (bicyclic) bond motifs is 1. The van der Waals surface area contributed by atoms with Crippen LogP contribution in [-0.2, 0) is 16.2 Å². The van der Waals surface area contributed by atoms with Gasteiger partial charge < -0.3 is 0 Å². The molecule has 13 heteroatoms. The molecule has 0 amide bonds. The van der Waals surface area contributed by atoms with E-state index in [0.717, 1.165) is 0 Å². The Kier molecular flexibility index (Phi) is 4.20. The van der Waals surface area contributed by atoms with Gasteiger partial charge in [0.25, 0.3) is 0 Å². The number of nitriles is 1. The molecule has 0 aliphatic heterocycles. The van der Waals surface area contributed by atoms with Crippen LogP contribution < -0.4 is 4.72 Å². The SMILES string of the molecule is N#CC1(NS(=O)(=O)c2cc(Cl)c3ccn(-c4nnc(C(F)(F)F)s4)c3c2)CC1. The van der Waals surface area contributed by atoms with Crippen LogP contribution in [-0.4, -0.2) is 28.7 Å². The number of hydrogen-bond donors (Lipinski definition) is 1. The second-order valence-electron chi connectivity index (χ2n) is 6.21. The summed E-state index contributed by atoms with van der Waals surface area (Å²) in [5.74, 6) is 0. The summed E-state index contributed by atoms with van der Waals surface area (Å²) in [7, 11) is -4.06. The summed E-state index contributed by atoms with van der Waals surface area (Å²) in [6, 6.07) is 5.96. The zero-order valence-corrected chi connectivity index (χ0v) is 16.0. The molecule has 1 aromatic carbocycles. The number of hydrogen-bond acceptors (Lipinski definition) is 6. The van der Waals surface area contributed by atoms with Crippen LogP contribution in [0, 0.1) is 11.3 Å². The van der Waals surface area contributed by atoms with Gasteiger partial charge in [0.05, 0.1) is 21.5 Å². The number of sulfonamides is 1. The average molecular weight is 448 g/mol. The van der Waals surface area contributed by atoms with Gasteiger partial charge in [-0.25, -0.2) is 8.42 Å². The van der Waals surface area contributed by atoms with Gasteiger partial charge in [-0.2, -0.15) is 23.2 Å². The molecule has 3 aromatic rings. The van der Waals surface area contributed by atoms with Gasteiger partial charge in [0, 0.05) is 11.6 Å². The Hall–Kier alpha value is -2.20. The van der Waals surface area contributed by atoms with Crippen molar-refractivity contribution in [2.75, 3.05) is 0 Å². The van der Waals surface area contributed by atoms with E-state index in [1.807, 2.05) is 6.07 Å². The van der Waals surface area contributed by atoms with Gasteiger partial charge in [-0.05, 0) is 31.0 Å². The Balaban J connectivity index is 1.81. The molecule has 0 saturated heterocycles. The van der Waals surface area contributed by atoms with E-state index in [9.17, 15) is 21.6 Å². The number of aromatic nitrogens is 3. The first-order valence-corrected chi connectivity index (χ1v) is 10.4. The fraction of sp³-hybridized carbons (Fsp3) is 0.267. The molecule has 0 unspecified atom stereocenters. The van der Waals surface area contributed by atoms with E-state index in [-0.39, 0.29) is 20.6 Å². The lowest BCUT2D eigenvalue weighted by molar-refractivity contribution is -0.138. The molecule has 1 aliphatic carbocycles. The number of halogens is 4. The summed E-state index contributed by atoms with van der Waals surface area (Å²) in [6.07, 6.45) is -2.40. The second kappa shape index (κ2) is 6.15. The van der Waals surface area contributed by atoms with Gasteiger partial charge in [0.2, 0.25) is 20.2 Å². The summed E-state index contributed by atoms with van der Waals surface area (Å²) in [5.41, 5.74) is -0.872. The van der Waals surface area contributed by atoms with Crippen molar-refractivity contribution >= 4 is 43.9 Å². The minimum atomic E-state index is -4.63. The molecule has 4 rings (SSSR count). The topological polar surface area (TPSA) is 101 Å². The standard InChI is InChI=1S/C15H9ClF3N5O2S2/c16-10-5-8(28(25,26)23-14(7-20)2-3-14)6-11-9(10)1-4-24(11)13-22-21-12(27-13)15(17,18)19/h1,4-6,23H,2-3H2. The number of benzene rings is 1. The lowest BCUT2D eigenvalue weighted by atomic mass is 10.2. The van der Waals surface area contributed by atoms with E-state index in [2.05, 4.69) is 14.9 Å². The number of alkyl halides is 3. The van der Waals surface area contributed by atoms with E-state index >= 15 is 0 Å². The first-order valence-electron chi connectivity index (χ1n) is 7.72. The van der Waals surface area contributed by atoms with Gasteiger partial charge in [-0.1, -0.05) is 22.9 Å². The summed E-state index contributed by atoms with van der Waals surface area (Å²) < 4.78 is 67.3. The van der Waals surface area contributed by atoms with E-state index in [0.29, 0.717) is 29.6 Å². The minimum Gasteiger partial charge on any atom is -0.291 e. The summed E-state index contributed by atoms with van der Waals surface area (Å²) in [4.78, 5) is -0.202. The van der Waals surface area contributed by atoms with E-state index in [1.165, 1.54) is 29.0 Å². The van der Waals surface area contributed by atoms with Crippen molar-refractivity contribution < 1.29 is 21.6 Å². The quantitative estimate of drug-likeness (QED) is 0.659. The van der Waals surface area contributed by atoms with Crippen LogP contribution in [0.4, 0.5) is 13.2 Å². The van der Waals surface area contributed by atoms with E-state index in [4.69, 9.17) is 16.9 Å². The predicted octanol–water partition coefficient (Wildman–Crippen LogP) is 3.49. The van der Waals surface area contributed by atoms with Crippen LogP contribution in [0.3, 0.4) is 0 Å². The van der Waals surface area contributed by atoms with Gasteiger partial charge >= 0.3 is 6.18 Å². The predicted molar refractivity (Wildman–Crippen MR) is 94.7 cm³/mol. The normalized spacial score (nSPS) is 16.2. The smallest absolute Gasteiger partial charge is 0.291 e. The van der Waals surface area contributed by atoms with Crippen molar-refractivity contribution in [1.29, 1.82) is 5.26 Å². The first kappa shape index (κ1) is 19.1. The maximum Gasteiger partial charge on any atom is 0.445 e. The third-order valence-corrected chi connectivity index (χ3v) is 6.99. The molecule has 0 radical (unpaired) electrons. The van der Waals surface area contributed by atoms with E-state index in [1.54, 1.807) is 0 Å². The zero-order chi connectivity index (χ0) is 20.3.